The van der Waals surface area contributed by atoms with E-state index in [1.807, 2.05) is 0 Å². The first-order valence-corrected chi connectivity index (χ1v) is 5.45. The Morgan fingerprint density at radius 3 is 2.27 bits per heavy atom. The second kappa shape index (κ2) is 5.76. The molecule has 0 amide bonds. The van der Waals surface area contributed by atoms with E-state index in [-0.39, 0.29) is 0 Å². The van der Waals surface area contributed by atoms with Crippen molar-refractivity contribution in [1.29, 1.82) is 0 Å². The molecule has 84 valence electrons. The van der Waals surface area contributed by atoms with Crippen LogP contribution in [0, 0.1) is 0 Å². The average Bonchev–Trinajstić information content (AvgIpc) is 2.26. The summed E-state index contributed by atoms with van der Waals surface area (Å²) in [5.41, 5.74) is 2.63. The molecular weight excluding hydrogens is 186 g/mol. The summed E-state index contributed by atoms with van der Waals surface area (Å²) in [7, 11) is 3.82. The molecule has 0 aliphatic carbocycles. The molecule has 0 heterocycles. The maximum atomic E-state index is 5.05. The van der Waals surface area contributed by atoms with Crippen LogP contribution in [0.3, 0.4) is 0 Å². The zero-order chi connectivity index (χ0) is 11.3. The van der Waals surface area contributed by atoms with Gasteiger partial charge in [0.2, 0.25) is 0 Å². The SMILES string of the molecule is COCCN(C)c1ccc(C(C)C)cc1. The Labute approximate surface area is 92.9 Å². The minimum Gasteiger partial charge on any atom is -0.383 e. The largest absolute Gasteiger partial charge is 0.383 e. The minimum absolute atomic E-state index is 0.600. The fourth-order valence-corrected chi connectivity index (χ4v) is 1.47. The van der Waals surface area contributed by atoms with Gasteiger partial charge in [-0.15, -0.1) is 0 Å². The lowest BCUT2D eigenvalue weighted by Gasteiger charge is -2.19. The van der Waals surface area contributed by atoms with Gasteiger partial charge in [0.25, 0.3) is 0 Å². The summed E-state index contributed by atoms with van der Waals surface area (Å²) >= 11 is 0. The van der Waals surface area contributed by atoms with Gasteiger partial charge in [-0.05, 0) is 23.6 Å². The zero-order valence-corrected chi connectivity index (χ0v) is 10.2. The van der Waals surface area contributed by atoms with Gasteiger partial charge in [0.15, 0.2) is 0 Å². The fraction of sp³-hybridized carbons (Fsp3) is 0.538. The van der Waals surface area contributed by atoms with Crippen LogP contribution in [-0.4, -0.2) is 27.3 Å². The van der Waals surface area contributed by atoms with Crippen molar-refractivity contribution in [3.8, 4) is 0 Å². The molecule has 0 radical (unpaired) electrons. The van der Waals surface area contributed by atoms with E-state index < -0.39 is 0 Å². The lowest BCUT2D eigenvalue weighted by molar-refractivity contribution is 0.206. The van der Waals surface area contributed by atoms with Gasteiger partial charge in [-0.25, -0.2) is 0 Å². The Bertz CT molecular complexity index is 279. The van der Waals surface area contributed by atoms with Crippen molar-refractivity contribution in [3.05, 3.63) is 29.8 Å². The predicted molar refractivity (Wildman–Crippen MR) is 65.7 cm³/mol. The fourth-order valence-electron chi connectivity index (χ4n) is 1.47. The number of methoxy groups -OCH3 is 1. The lowest BCUT2D eigenvalue weighted by Crippen LogP contribution is -2.21. The van der Waals surface area contributed by atoms with Gasteiger partial charge in [-0.1, -0.05) is 26.0 Å². The molecule has 0 saturated heterocycles. The standard InChI is InChI=1S/C13H21NO/c1-11(2)12-5-7-13(8-6-12)14(3)9-10-15-4/h5-8,11H,9-10H2,1-4H3. The van der Waals surface area contributed by atoms with Gasteiger partial charge >= 0.3 is 0 Å². The van der Waals surface area contributed by atoms with Gasteiger partial charge in [-0.2, -0.15) is 0 Å². The Hall–Kier alpha value is -1.02. The summed E-state index contributed by atoms with van der Waals surface area (Å²) in [4.78, 5) is 2.20. The summed E-state index contributed by atoms with van der Waals surface area (Å²) in [6, 6.07) is 8.74. The highest BCUT2D eigenvalue weighted by Crippen LogP contribution is 2.18. The molecule has 1 aromatic rings. The zero-order valence-electron chi connectivity index (χ0n) is 10.2. The van der Waals surface area contributed by atoms with Crippen molar-refractivity contribution in [1.82, 2.24) is 0 Å². The Kier molecular flexibility index (Phi) is 4.63. The van der Waals surface area contributed by atoms with Crippen LogP contribution in [0.1, 0.15) is 25.3 Å². The van der Waals surface area contributed by atoms with Gasteiger partial charge in [-0.3, -0.25) is 0 Å². The number of hydrogen-bond acceptors (Lipinski definition) is 2. The van der Waals surface area contributed by atoms with Crippen molar-refractivity contribution in [2.24, 2.45) is 0 Å². The minimum atomic E-state index is 0.600. The number of ether oxygens (including phenoxy) is 1. The molecule has 0 saturated carbocycles. The number of hydrogen-bond donors (Lipinski definition) is 0. The van der Waals surface area contributed by atoms with Crippen LogP contribution in [0.25, 0.3) is 0 Å². The quantitative estimate of drug-likeness (QED) is 0.736. The van der Waals surface area contributed by atoms with Crippen LogP contribution in [-0.2, 0) is 4.74 Å². The van der Waals surface area contributed by atoms with Crippen molar-refractivity contribution in [3.63, 3.8) is 0 Å². The molecule has 0 bridgehead atoms. The van der Waals surface area contributed by atoms with E-state index >= 15 is 0 Å². The normalized spacial score (nSPS) is 10.7. The maximum Gasteiger partial charge on any atom is 0.0637 e. The van der Waals surface area contributed by atoms with E-state index in [1.54, 1.807) is 7.11 Å². The molecule has 0 aliphatic heterocycles. The highest BCUT2D eigenvalue weighted by Gasteiger charge is 2.02. The smallest absolute Gasteiger partial charge is 0.0637 e. The summed E-state index contributed by atoms with van der Waals surface area (Å²) in [6.07, 6.45) is 0. The molecule has 0 aromatic heterocycles. The van der Waals surface area contributed by atoms with E-state index in [1.165, 1.54) is 11.3 Å². The first-order chi connectivity index (χ1) is 7.15. The van der Waals surface area contributed by atoms with Crippen LogP contribution in [0.15, 0.2) is 24.3 Å². The van der Waals surface area contributed by atoms with Gasteiger partial charge in [0, 0.05) is 26.4 Å². The molecular formula is C13H21NO. The lowest BCUT2D eigenvalue weighted by atomic mass is 10.0. The summed E-state index contributed by atoms with van der Waals surface area (Å²) in [6.45, 7) is 6.12. The third-order valence-corrected chi connectivity index (χ3v) is 2.63. The van der Waals surface area contributed by atoms with Gasteiger partial charge in [0.05, 0.1) is 6.61 Å². The van der Waals surface area contributed by atoms with Crippen LogP contribution in [0.2, 0.25) is 0 Å². The maximum absolute atomic E-state index is 5.05. The molecule has 0 fully saturated rings. The first kappa shape index (κ1) is 12.1. The second-order valence-corrected chi connectivity index (χ2v) is 4.16. The van der Waals surface area contributed by atoms with E-state index in [4.69, 9.17) is 4.74 Å². The molecule has 1 aromatic carbocycles. The van der Waals surface area contributed by atoms with Crippen LogP contribution < -0.4 is 4.90 Å². The number of likely N-dealkylation sites (N-methyl/N-ethyl adjacent to an activating group) is 1. The average molecular weight is 207 g/mol. The molecule has 15 heavy (non-hydrogen) atoms. The third-order valence-electron chi connectivity index (χ3n) is 2.63. The van der Waals surface area contributed by atoms with Crippen molar-refractivity contribution < 1.29 is 4.74 Å². The second-order valence-electron chi connectivity index (χ2n) is 4.16. The van der Waals surface area contributed by atoms with Crippen molar-refractivity contribution in [2.75, 3.05) is 32.2 Å². The Morgan fingerprint density at radius 2 is 1.80 bits per heavy atom. The number of nitrogens with zero attached hydrogens (tertiary/aromatic N) is 1. The van der Waals surface area contributed by atoms with Gasteiger partial charge < -0.3 is 9.64 Å². The molecule has 2 heteroatoms. The summed E-state index contributed by atoms with van der Waals surface area (Å²) in [5.74, 6) is 0.600. The highest BCUT2D eigenvalue weighted by molar-refractivity contribution is 5.47. The number of anilines is 1. The highest BCUT2D eigenvalue weighted by atomic mass is 16.5. The monoisotopic (exact) mass is 207 g/mol. The third kappa shape index (κ3) is 3.56. The van der Waals surface area contributed by atoms with Gasteiger partial charge in [0.1, 0.15) is 0 Å². The molecule has 0 atom stereocenters. The van der Waals surface area contributed by atoms with Crippen LogP contribution in [0.5, 0.6) is 0 Å². The molecule has 2 nitrogen and oxygen atoms in total. The molecule has 1 rings (SSSR count). The number of benzene rings is 1. The Morgan fingerprint density at radius 1 is 1.20 bits per heavy atom. The van der Waals surface area contributed by atoms with Crippen molar-refractivity contribution in [2.45, 2.75) is 19.8 Å². The van der Waals surface area contributed by atoms with Crippen LogP contribution in [0.4, 0.5) is 5.69 Å². The van der Waals surface area contributed by atoms with Crippen molar-refractivity contribution >= 4 is 5.69 Å². The predicted octanol–water partition coefficient (Wildman–Crippen LogP) is 2.89. The summed E-state index contributed by atoms with van der Waals surface area (Å²) < 4.78 is 5.05. The first-order valence-electron chi connectivity index (χ1n) is 5.45. The number of rotatable bonds is 5. The summed E-state index contributed by atoms with van der Waals surface area (Å²) in [5, 5.41) is 0. The van der Waals surface area contributed by atoms with Crippen LogP contribution >= 0.6 is 0 Å². The van der Waals surface area contributed by atoms with E-state index in [2.05, 4.69) is 50.1 Å². The molecule has 0 aliphatic rings. The topological polar surface area (TPSA) is 12.5 Å². The molecule has 0 spiro atoms. The van der Waals surface area contributed by atoms with E-state index in [0.717, 1.165) is 13.2 Å². The molecule has 0 unspecified atom stereocenters. The van der Waals surface area contributed by atoms with E-state index in [0.29, 0.717) is 5.92 Å². The Balaban J connectivity index is 2.62. The molecule has 0 N–H and O–H groups in total. The van der Waals surface area contributed by atoms with E-state index in [9.17, 15) is 0 Å².